The van der Waals surface area contributed by atoms with E-state index in [2.05, 4.69) is 67.3 Å². The molecule has 0 aromatic heterocycles. The summed E-state index contributed by atoms with van der Waals surface area (Å²) in [6.07, 6.45) is 0. The van der Waals surface area contributed by atoms with Crippen LogP contribution in [0.25, 0.3) is 43.1 Å². The van der Waals surface area contributed by atoms with Crippen molar-refractivity contribution in [1.29, 1.82) is 0 Å². The van der Waals surface area contributed by atoms with E-state index in [4.69, 9.17) is 0 Å². The summed E-state index contributed by atoms with van der Waals surface area (Å²) in [6, 6.07) is 20.7. The number of hydrogen-bond donors (Lipinski definition) is 0. The third-order valence-corrected chi connectivity index (χ3v) is 7.13. The maximum Gasteiger partial charge on any atom is 0.261 e. The molecule has 1 heterocycles. The van der Waals surface area contributed by atoms with Gasteiger partial charge in [-0.1, -0.05) is 62.4 Å². The van der Waals surface area contributed by atoms with Crippen molar-refractivity contribution in [2.45, 2.75) is 13.8 Å². The number of carbonyl (C=O) groups is 2. The molecule has 32 heavy (non-hydrogen) atoms. The van der Waals surface area contributed by atoms with E-state index in [0.717, 1.165) is 45.4 Å². The Balaban J connectivity index is 1.62. The lowest BCUT2D eigenvalue weighted by Crippen LogP contribution is -2.44. The Kier molecular flexibility index (Phi) is 4.21. The average Bonchev–Trinajstić information content (AvgIpc) is 2.83. The fraction of sp³-hybridized carbons (Fsp3) is 0.214. The first-order valence-corrected chi connectivity index (χ1v) is 11.3. The summed E-state index contributed by atoms with van der Waals surface area (Å²) in [5, 5.41) is 8.80. The van der Waals surface area contributed by atoms with Crippen LogP contribution < -0.4 is 0 Å². The zero-order valence-electron chi connectivity index (χ0n) is 18.3. The SMILES string of the molecule is CCN(CC)CCN1C(=O)c2ccc3c4cccc5cccc(c6ccc(c2c36)C1=O)c54. The van der Waals surface area contributed by atoms with Gasteiger partial charge in [0, 0.05) is 29.6 Å². The lowest BCUT2D eigenvalue weighted by molar-refractivity contribution is 0.0594. The van der Waals surface area contributed by atoms with Crippen LogP contribution in [0.5, 0.6) is 0 Å². The van der Waals surface area contributed by atoms with Crippen molar-refractivity contribution < 1.29 is 9.59 Å². The van der Waals surface area contributed by atoms with Crippen LogP contribution in [0.15, 0.2) is 60.7 Å². The van der Waals surface area contributed by atoms with Gasteiger partial charge in [0.05, 0.1) is 0 Å². The van der Waals surface area contributed by atoms with Crippen molar-refractivity contribution in [3.8, 4) is 0 Å². The average molecular weight is 421 g/mol. The molecule has 0 aliphatic carbocycles. The number of hydrogen-bond acceptors (Lipinski definition) is 3. The van der Waals surface area contributed by atoms with Crippen molar-refractivity contribution in [3.05, 3.63) is 71.8 Å². The van der Waals surface area contributed by atoms with Crippen LogP contribution in [-0.4, -0.2) is 47.8 Å². The van der Waals surface area contributed by atoms with E-state index in [9.17, 15) is 9.59 Å². The second-order valence-corrected chi connectivity index (χ2v) is 8.57. The molecule has 0 atom stereocenters. The summed E-state index contributed by atoms with van der Waals surface area (Å²) in [6.45, 7) is 7.09. The zero-order chi connectivity index (χ0) is 22.0. The van der Waals surface area contributed by atoms with Gasteiger partial charge < -0.3 is 4.90 Å². The molecule has 1 aliphatic rings. The monoisotopic (exact) mass is 420 g/mol. The number of fused-ring (bicyclic) bond motifs is 2. The Morgan fingerprint density at radius 2 is 1.19 bits per heavy atom. The molecule has 5 aromatic carbocycles. The van der Waals surface area contributed by atoms with Gasteiger partial charge in [-0.25, -0.2) is 0 Å². The quantitative estimate of drug-likeness (QED) is 0.209. The van der Waals surface area contributed by atoms with Gasteiger partial charge in [-0.2, -0.15) is 0 Å². The van der Waals surface area contributed by atoms with Crippen LogP contribution >= 0.6 is 0 Å². The highest BCUT2D eigenvalue weighted by Crippen LogP contribution is 2.43. The van der Waals surface area contributed by atoms with Gasteiger partial charge in [0.25, 0.3) is 11.8 Å². The minimum absolute atomic E-state index is 0.185. The highest BCUT2D eigenvalue weighted by molar-refractivity contribution is 6.38. The number of benzene rings is 5. The largest absolute Gasteiger partial charge is 0.302 e. The molecule has 4 heteroatoms. The number of nitrogens with zero attached hydrogens (tertiary/aromatic N) is 2. The molecule has 4 nitrogen and oxygen atoms in total. The number of imide groups is 1. The molecule has 0 saturated heterocycles. The molecule has 6 rings (SSSR count). The molecule has 0 bridgehead atoms. The van der Waals surface area contributed by atoms with Crippen LogP contribution in [-0.2, 0) is 0 Å². The zero-order valence-corrected chi connectivity index (χ0v) is 18.3. The lowest BCUT2D eigenvalue weighted by atomic mass is 9.85. The number of carbonyl (C=O) groups excluding carboxylic acids is 2. The molecule has 5 aromatic rings. The molecule has 1 aliphatic heterocycles. The second-order valence-electron chi connectivity index (χ2n) is 8.57. The van der Waals surface area contributed by atoms with E-state index >= 15 is 0 Å². The van der Waals surface area contributed by atoms with Gasteiger partial charge in [-0.05, 0) is 62.9 Å². The van der Waals surface area contributed by atoms with Crippen molar-refractivity contribution in [3.63, 3.8) is 0 Å². The van der Waals surface area contributed by atoms with E-state index in [1.165, 1.54) is 15.7 Å². The van der Waals surface area contributed by atoms with Gasteiger partial charge in [0.1, 0.15) is 0 Å². The predicted octanol–water partition coefficient (Wildman–Crippen LogP) is 5.68. The normalized spacial score (nSPS) is 14.2. The van der Waals surface area contributed by atoms with Gasteiger partial charge in [-0.15, -0.1) is 0 Å². The van der Waals surface area contributed by atoms with Crippen LogP contribution in [0.2, 0.25) is 0 Å². The van der Waals surface area contributed by atoms with Crippen molar-refractivity contribution in [2.75, 3.05) is 26.2 Å². The van der Waals surface area contributed by atoms with E-state index < -0.39 is 0 Å². The van der Waals surface area contributed by atoms with Crippen LogP contribution in [0.4, 0.5) is 0 Å². The molecular weight excluding hydrogens is 396 g/mol. The first kappa shape index (κ1) is 19.2. The van der Waals surface area contributed by atoms with Crippen molar-refractivity contribution in [1.82, 2.24) is 9.80 Å². The summed E-state index contributed by atoms with van der Waals surface area (Å²) < 4.78 is 0. The van der Waals surface area contributed by atoms with E-state index in [1.807, 2.05) is 12.1 Å². The lowest BCUT2D eigenvalue weighted by Gasteiger charge is -2.30. The fourth-order valence-corrected chi connectivity index (χ4v) is 5.46. The molecule has 0 fully saturated rings. The molecule has 0 saturated carbocycles. The molecule has 158 valence electrons. The summed E-state index contributed by atoms with van der Waals surface area (Å²) in [5.41, 5.74) is 1.26. The van der Waals surface area contributed by atoms with Gasteiger partial charge in [-0.3, -0.25) is 14.5 Å². The van der Waals surface area contributed by atoms with Crippen LogP contribution in [0.1, 0.15) is 34.6 Å². The first-order chi connectivity index (χ1) is 15.6. The smallest absolute Gasteiger partial charge is 0.261 e. The Bertz CT molecular complexity index is 1450. The Morgan fingerprint density at radius 1 is 0.656 bits per heavy atom. The van der Waals surface area contributed by atoms with Crippen LogP contribution in [0, 0.1) is 0 Å². The molecule has 2 amide bonds. The third kappa shape index (κ3) is 2.47. The van der Waals surface area contributed by atoms with E-state index in [-0.39, 0.29) is 11.8 Å². The maximum atomic E-state index is 13.5. The topological polar surface area (TPSA) is 40.6 Å². The van der Waals surface area contributed by atoms with Gasteiger partial charge in [0.15, 0.2) is 0 Å². The summed E-state index contributed by atoms with van der Waals surface area (Å²) in [5.74, 6) is -0.370. The predicted molar refractivity (Wildman–Crippen MR) is 131 cm³/mol. The van der Waals surface area contributed by atoms with Crippen LogP contribution in [0.3, 0.4) is 0 Å². The summed E-state index contributed by atoms with van der Waals surface area (Å²) in [4.78, 5) is 30.6. The molecule has 0 radical (unpaired) electrons. The molecule has 0 unspecified atom stereocenters. The van der Waals surface area contributed by atoms with E-state index in [0.29, 0.717) is 24.2 Å². The second kappa shape index (κ2) is 7.01. The van der Waals surface area contributed by atoms with Gasteiger partial charge >= 0.3 is 0 Å². The fourth-order valence-electron chi connectivity index (χ4n) is 5.46. The van der Waals surface area contributed by atoms with Crippen molar-refractivity contribution in [2.24, 2.45) is 0 Å². The Labute approximate surface area is 186 Å². The standard InChI is InChI=1S/C28H24N2O2/c1-3-29(4-2)15-16-30-27(31)22-13-11-20-18-9-5-7-17-8-6-10-19(24(17)18)21-12-14-23(28(30)32)26(22)25(20)21/h5-14H,3-4,15-16H2,1-2H3. The molecule has 0 N–H and O–H groups in total. The first-order valence-electron chi connectivity index (χ1n) is 11.3. The highest BCUT2D eigenvalue weighted by Gasteiger charge is 2.34. The third-order valence-electron chi connectivity index (χ3n) is 7.13. The molecule has 0 spiro atoms. The minimum atomic E-state index is -0.185. The van der Waals surface area contributed by atoms with E-state index in [1.54, 1.807) is 0 Å². The van der Waals surface area contributed by atoms with Crippen molar-refractivity contribution >= 4 is 54.9 Å². The number of amides is 2. The minimum Gasteiger partial charge on any atom is -0.302 e. The Hall–Kier alpha value is -3.50. The summed E-state index contributed by atoms with van der Waals surface area (Å²) >= 11 is 0. The molecular formula is C28H24N2O2. The highest BCUT2D eigenvalue weighted by atomic mass is 16.2. The number of rotatable bonds is 5. The Morgan fingerprint density at radius 3 is 1.72 bits per heavy atom. The maximum absolute atomic E-state index is 13.5. The van der Waals surface area contributed by atoms with Gasteiger partial charge in [0.2, 0.25) is 0 Å². The number of likely N-dealkylation sites (N-methyl/N-ethyl adjacent to an activating group) is 1. The summed E-state index contributed by atoms with van der Waals surface area (Å²) in [7, 11) is 0.